The van der Waals surface area contributed by atoms with Crippen LogP contribution < -0.4 is 5.32 Å². The summed E-state index contributed by atoms with van der Waals surface area (Å²) in [5.41, 5.74) is 0.446. The molecule has 1 fully saturated rings. The Bertz CT molecular complexity index is 369. The predicted octanol–water partition coefficient (Wildman–Crippen LogP) is 2.91. The highest BCUT2D eigenvalue weighted by atomic mass is 16.5. The standard InChI is InChI=1S/C14H25N3O/c1-12(10-18-3)16-13-15-8-9-17(13)11-14(2)6-4-5-7-14/h8-9,12H,4-7,10-11H2,1-3H3,(H,15,16). The smallest absolute Gasteiger partial charge is 0.203 e. The molecule has 0 amide bonds. The third-order valence-electron chi connectivity index (χ3n) is 3.87. The SMILES string of the molecule is COCC(C)Nc1nccn1CC1(C)CCCC1. The van der Waals surface area contributed by atoms with Crippen molar-refractivity contribution in [1.82, 2.24) is 9.55 Å². The number of imidazole rings is 1. The molecule has 1 N–H and O–H groups in total. The van der Waals surface area contributed by atoms with Crippen LogP contribution in [0.4, 0.5) is 5.95 Å². The summed E-state index contributed by atoms with van der Waals surface area (Å²) >= 11 is 0. The number of hydrogen-bond donors (Lipinski definition) is 1. The summed E-state index contributed by atoms with van der Waals surface area (Å²) in [4.78, 5) is 4.41. The van der Waals surface area contributed by atoms with Crippen LogP contribution in [0, 0.1) is 5.41 Å². The van der Waals surface area contributed by atoms with E-state index in [1.165, 1.54) is 25.7 Å². The van der Waals surface area contributed by atoms with Crippen LogP contribution in [0.5, 0.6) is 0 Å². The van der Waals surface area contributed by atoms with Gasteiger partial charge in [0, 0.05) is 32.1 Å². The molecule has 1 unspecified atom stereocenters. The van der Waals surface area contributed by atoms with E-state index in [1.54, 1.807) is 7.11 Å². The molecule has 4 nitrogen and oxygen atoms in total. The zero-order chi connectivity index (χ0) is 13.0. The second-order valence-electron chi connectivity index (χ2n) is 5.90. The Morgan fingerprint density at radius 1 is 1.50 bits per heavy atom. The molecule has 0 radical (unpaired) electrons. The number of methoxy groups -OCH3 is 1. The molecule has 1 aromatic heterocycles. The molecule has 2 rings (SSSR count). The first kappa shape index (κ1) is 13.4. The second kappa shape index (κ2) is 5.74. The average Bonchev–Trinajstić information content (AvgIpc) is 2.90. The molecule has 0 bridgehead atoms. The van der Waals surface area contributed by atoms with E-state index >= 15 is 0 Å². The molecule has 1 atom stereocenters. The normalized spacial score (nSPS) is 19.9. The number of aromatic nitrogens is 2. The molecule has 1 heterocycles. The van der Waals surface area contributed by atoms with Crippen LogP contribution in [-0.4, -0.2) is 29.3 Å². The molecule has 1 aliphatic rings. The fourth-order valence-corrected chi connectivity index (χ4v) is 2.89. The van der Waals surface area contributed by atoms with Crippen LogP contribution in [0.1, 0.15) is 39.5 Å². The van der Waals surface area contributed by atoms with E-state index in [0.717, 1.165) is 12.5 Å². The fraction of sp³-hybridized carbons (Fsp3) is 0.786. The largest absolute Gasteiger partial charge is 0.383 e. The zero-order valence-electron chi connectivity index (χ0n) is 11.8. The number of hydrogen-bond acceptors (Lipinski definition) is 3. The minimum atomic E-state index is 0.285. The highest BCUT2D eigenvalue weighted by molar-refractivity contribution is 5.27. The predicted molar refractivity (Wildman–Crippen MR) is 73.8 cm³/mol. The summed E-state index contributed by atoms with van der Waals surface area (Å²) < 4.78 is 7.39. The van der Waals surface area contributed by atoms with Gasteiger partial charge < -0.3 is 14.6 Å². The highest BCUT2D eigenvalue weighted by Gasteiger charge is 2.29. The van der Waals surface area contributed by atoms with E-state index in [1.807, 2.05) is 6.20 Å². The van der Waals surface area contributed by atoms with Crippen LogP contribution in [0.15, 0.2) is 12.4 Å². The number of rotatable bonds is 6. The summed E-state index contributed by atoms with van der Waals surface area (Å²) in [6.07, 6.45) is 9.35. The van der Waals surface area contributed by atoms with Crippen molar-refractivity contribution < 1.29 is 4.74 Å². The lowest BCUT2D eigenvalue weighted by molar-refractivity contribution is 0.190. The van der Waals surface area contributed by atoms with Crippen molar-refractivity contribution in [3.63, 3.8) is 0 Å². The Kier molecular flexibility index (Phi) is 4.27. The number of anilines is 1. The van der Waals surface area contributed by atoms with E-state index in [4.69, 9.17) is 4.74 Å². The van der Waals surface area contributed by atoms with Crippen LogP contribution in [0.25, 0.3) is 0 Å². The van der Waals surface area contributed by atoms with E-state index in [-0.39, 0.29) is 6.04 Å². The molecule has 18 heavy (non-hydrogen) atoms. The van der Waals surface area contributed by atoms with Gasteiger partial charge in [-0.15, -0.1) is 0 Å². The molecular weight excluding hydrogens is 226 g/mol. The van der Waals surface area contributed by atoms with Crippen molar-refractivity contribution in [2.45, 2.75) is 52.1 Å². The van der Waals surface area contributed by atoms with Gasteiger partial charge in [-0.3, -0.25) is 0 Å². The Morgan fingerprint density at radius 2 is 2.22 bits per heavy atom. The third kappa shape index (κ3) is 3.25. The van der Waals surface area contributed by atoms with Gasteiger partial charge in [0.05, 0.1) is 6.61 Å². The number of ether oxygens (including phenoxy) is 1. The molecule has 0 aromatic carbocycles. The lowest BCUT2D eigenvalue weighted by Crippen LogP contribution is -2.25. The summed E-state index contributed by atoms with van der Waals surface area (Å²) in [5.74, 6) is 0.965. The van der Waals surface area contributed by atoms with Gasteiger partial charge in [-0.05, 0) is 25.2 Å². The highest BCUT2D eigenvalue weighted by Crippen LogP contribution is 2.39. The lowest BCUT2D eigenvalue weighted by Gasteiger charge is -2.25. The lowest BCUT2D eigenvalue weighted by atomic mass is 9.89. The van der Waals surface area contributed by atoms with Crippen molar-refractivity contribution in [3.05, 3.63) is 12.4 Å². The second-order valence-corrected chi connectivity index (χ2v) is 5.90. The molecule has 1 saturated carbocycles. The van der Waals surface area contributed by atoms with Gasteiger partial charge in [-0.25, -0.2) is 4.98 Å². The van der Waals surface area contributed by atoms with Crippen LogP contribution >= 0.6 is 0 Å². The average molecular weight is 251 g/mol. The van der Waals surface area contributed by atoms with Crippen LogP contribution in [0.2, 0.25) is 0 Å². The van der Waals surface area contributed by atoms with Crippen LogP contribution in [0.3, 0.4) is 0 Å². The van der Waals surface area contributed by atoms with Crippen molar-refractivity contribution in [3.8, 4) is 0 Å². The summed E-state index contributed by atoms with van der Waals surface area (Å²) in [5, 5.41) is 3.41. The molecule has 102 valence electrons. The monoisotopic (exact) mass is 251 g/mol. The Balaban J connectivity index is 1.99. The summed E-state index contributed by atoms with van der Waals surface area (Å²) in [6.45, 7) is 6.27. The molecule has 0 saturated heterocycles. The van der Waals surface area contributed by atoms with E-state index in [2.05, 4.69) is 34.9 Å². The molecule has 0 aliphatic heterocycles. The van der Waals surface area contributed by atoms with E-state index in [9.17, 15) is 0 Å². The van der Waals surface area contributed by atoms with Gasteiger partial charge in [0.15, 0.2) is 0 Å². The number of nitrogens with zero attached hydrogens (tertiary/aromatic N) is 2. The Labute approximate surface area is 110 Å². The van der Waals surface area contributed by atoms with Gasteiger partial charge in [-0.1, -0.05) is 19.8 Å². The van der Waals surface area contributed by atoms with Crippen LogP contribution in [-0.2, 0) is 11.3 Å². The maximum atomic E-state index is 5.15. The summed E-state index contributed by atoms with van der Waals surface area (Å²) in [7, 11) is 1.73. The maximum absolute atomic E-state index is 5.15. The minimum Gasteiger partial charge on any atom is -0.383 e. The first-order valence-corrected chi connectivity index (χ1v) is 6.90. The van der Waals surface area contributed by atoms with Crippen molar-refractivity contribution in [2.24, 2.45) is 5.41 Å². The summed E-state index contributed by atoms with van der Waals surface area (Å²) in [6, 6.07) is 0.285. The zero-order valence-corrected chi connectivity index (χ0v) is 11.8. The Hall–Kier alpha value is -1.03. The molecule has 1 aliphatic carbocycles. The quantitative estimate of drug-likeness (QED) is 0.845. The minimum absolute atomic E-state index is 0.285. The Morgan fingerprint density at radius 3 is 2.89 bits per heavy atom. The van der Waals surface area contributed by atoms with Gasteiger partial charge in [0.2, 0.25) is 5.95 Å². The molecule has 4 heteroatoms. The van der Waals surface area contributed by atoms with Crippen molar-refractivity contribution in [1.29, 1.82) is 0 Å². The molecular formula is C14H25N3O. The maximum Gasteiger partial charge on any atom is 0.203 e. The van der Waals surface area contributed by atoms with Gasteiger partial charge in [0.1, 0.15) is 0 Å². The number of nitrogens with one attached hydrogen (secondary N) is 1. The third-order valence-corrected chi connectivity index (χ3v) is 3.87. The molecule has 0 spiro atoms. The van der Waals surface area contributed by atoms with Gasteiger partial charge in [0.25, 0.3) is 0 Å². The van der Waals surface area contributed by atoms with Crippen molar-refractivity contribution in [2.75, 3.05) is 19.0 Å². The van der Waals surface area contributed by atoms with Gasteiger partial charge >= 0.3 is 0 Å². The topological polar surface area (TPSA) is 39.1 Å². The van der Waals surface area contributed by atoms with E-state index < -0.39 is 0 Å². The first-order valence-electron chi connectivity index (χ1n) is 6.90. The fourth-order valence-electron chi connectivity index (χ4n) is 2.89. The van der Waals surface area contributed by atoms with Gasteiger partial charge in [-0.2, -0.15) is 0 Å². The van der Waals surface area contributed by atoms with Crippen molar-refractivity contribution >= 4 is 5.95 Å². The first-order chi connectivity index (χ1) is 8.63. The van der Waals surface area contributed by atoms with E-state index in [0.29, 0.717) is 12.0 Å². The molecule has 1 aromatic rings.